The lowest BCUT2D eigenvalue weighted by Crippen LogP contribution is -2.31. The van der Waals surface area contributed by atoms with E-state index in [1.54, 1.807) is 0 Å². The van der Waals surface area contributed by atoms with Gasteiger partial charge >= 0.3 is 0 Å². The maximum atomic E-state index is 5.77. The molecule has 0 aliphatic heterocycles. The highest BCUT2D eigenvalue weighted by molar-refractivity contribution is 4.88. The van der Waals surface area contributed by atoms with E-state index < -0.39 is 0 Å². The lowest BCUT2D eigenvalue weighted by atomic mass is 9.88. The fourth-order valence-electron chi connectivity index (χ4n) is 2.36. The molecule has 2 saturated carbocycles. The van der Waals surface area contributed by atoms with Gasteiger partial charge in [0.05, 0.1) is 0 Å². The largest absolute Gasteiger partial charge is 0.330 e. The fourth-order valence-corrected chi connectivity index (χ4v) is 2.36. The summed E-state index contributed by atoms with van der Waals surface area (Å²) in [6.07, 6.45) is 8.47. The first-order valence-electron chi connectivity index (χ1n) is 7.05. The lowest BCUT2D eigenvalue weighted by molar-refractivity contribution is 0.227. The second-order valence-corrected chi connectivity index (χ2v) is 6.64. The van der Waals surface area contributed by atoms with Crippen LogP contribution in [-0.4, -0.2) is 30.6 Å². The number of hydrogen-bond donors (Lipinski definition) is 1. The summed E-state index contributed by atoms with van der Waals surface area (Å²) in [6, 6.07) is 0.946. The second-order valence-electron chi connectivity index (χ2n) is 6.64. The minimum absolute atomic E-state index is 0.342. The number of hydrogen-bond acceptors (Lipinski definition) is 2. The number of rotatable bonds is 8. The molecule has 0 radical (unpaired) electrons. The fraction of sp³-hybridized carbons (Fsp3) is 1.00. The Bertz CT molecular complexity index is 217. The highest BCUT2D eigenvalue weighted by atomic mass is 15.2. The smallest absolute Gasteiger partial charge is 0.00965 e. The van der Waals surface area contributed by atoms with E-state index in [4.69, 9.17) is 5.73 Å². The topological polar surface area (TPSA) is 29.3 Å². The van der Waals surface area contributed by atoms with Gasteiger partial charge < -0.3 is 10.6 Å². The van der Waals surface area contributed by atoms with Crippen LogP contribution >= 0.6 is 0 Å². The molecule has 2 aliphatic carbocycles. The zero-order chi connectivity index (χ0) is 11.6. The highest BCUT2D eigenvalue weighted by Crippen LogP contribution is 2.35. The Morgan fingerprint density at radius 2 is 1.88 bits per heavy atom. The van der Waals surface area contributed by atoms with Crippen LogP contribution in [0.25, 0.3) is 0 Å². The molecule has 2 N–H and O–H groups in total. The van der Waals surface area contributed by atoms with Gasteiger partial charge in [0.2, 0.25) is 0 Å². The third-order valence-electron chi connectivity index (χ3n) is 4.10. The van der Waals surface area contributed by atoms with Crippen molar-refractivity contribution >= 4 is 0 Å². The van der Waals surface area contributed by atoms with Crippen molar-refractivity contribution < 1.29 is 0 Å². The molecule has 16 heavy (non-hydrogen) atoms. The third-order valence-corrected chi connectivity index (χ3v) is 4.10. The van der Waals surface area contributed by atoms with E-state index in [1.165, 1.54) is 51.6 Å². The minimum atomic E-state index is 0.342. The van der Waals surface area contributed by atoms with Crippen LogP contribution in [0.4, 0.5) is 0 Å². The van der Waals surface area contributed by atoms with Crippen molar-refractivity contribution in [2.24, 2.45) is 17.1 Å². The van der Waals surface area contributed by atoms with Crippen molar-refractivity contribution in [3.05, 3.63) is 0 Å². The number of nitrogens with zero attached hydrogens (tertiary/aromatic N) is 1. The van der Waals surface area contributed by atoms with Crippen LogP contribution in [0.5, 0.6) is 0 Å². The Balaban J connectivity index is 1.65. The van der Waals surface area contributed by atoms with Crippen LogP contribution < -0.4 is 5.73 Å². The van der Waals surface area contributed by atoms with Gasteiger partial charge in [0.1, 0.15) is 0 Å². The van der Waals surface area contributed by atoms with Crippen molar-refractivity contribution in [3.63, 3.8) is 0 Å². The van der Waals surface area contributed by atoms with Crippen molar-refractivity contribution in [1.29, 1.82) is 0 Å². The van der Waals surface area contributed by atoms with Gasteiger partial charge in [-0.15, -0.1) is 0 Å². The molecule has 0 aromatic rings. The molecule has 0 saturated heterocycles. The van der Waals surface area contributed by atoms with Gasteiger partial charge in [-0.25, -0.2) is 0 Å². The van der Waals surface area contributed by atoms with Gasteiger partial charge in [0.15, 0.2) is 0 Å². The maximum Gasteiger partial charge on any atom is 0.00965 e. The second kappa shape index (κ2) is 5.05. The predicted molar refractivity (Wildman–Crippen MR) is 69.4 cm³/mol. The summed E-state index contributed by atoms with van der Waals surface area (Å²) in [5, 5.41) is 0. The van der Waals surface area contributed by atoms with Gasteiger partial charge in [-0.05, 0) is 62.9 Å². The lowest BCUT2D eigenvalue weighted by Gasteiger charge is -2.26. The summed E-state index contributed by atoms with van der Waals surface area (Å²) in [5.41, 5.74) is 6.11. The minimum Gasteiger partial charge on any atom is -0.330 e. The summed E-state index contributed by atoms with van der Waals surface area (Å²) >= 11 is 0. The van der Waals surface area contributed by atoms with E-state index in [2.05, 4.69) is 18.7 Å². The first-order valence-corrected chi connectivity index (χ1v) is 7.05. The average Bonchev–Trinajstić information content (AvgIpc) is 3.09. The van der Waals surface area contributed by atoms with Gasteiger partial charge in [-0.1, -0.05) is 13.8 Å². The maximum absolute atomic E-state index is 5.77. The zero-order valence-corrected chi connectivity index (χ0v) is 11.0. The first kappa shape index (κ1) is 12.4. The molecular weight excluding hydrogens is 196 g/mol. The molecule has 0 bridgehead atoms. The molecule has 94 valence electrons. The van der Waals surface area contributed by atoms with Crippen LogP contribution in [-0.2, 0) is 0 Å². The van der Waals surface area contributed by atoms with E-state index in [1.807, 2.05) is 0 Å². The molecule has 2 heteroatoms. The van der Waals surface area contributed by atoms with Crippen molar-refractivity contribution in [3.8, 4) is 0 Å². The van der Waals surface area contributed by atoms with E-state index in [0.717, 1.165) is 18.5 Å². The van der Waals surface area contributed by atoms with E-state index in [9.17, 15) is 0 Å². The highest BCUT2D eigenvalue weighted by Gasteiger charge is 2.33. The molecule has 2 fully saturated rings. The van der Waals surface area contributed by atoms with Crippen LogP contribution in [0.15, 0.2) is 0 Å². The van der Waals surface area contributed by atoms with Gasteiger partial charge in [-0.3, -0.25) is 0 Å². The van der Waals surface area contributed by atoms with Gasteiger partial charge in [-0.2, -0.15) is 0 Å². The molecule has 0 aromatic heterocycles. The first-order chi connectivity index (χ1) is 7.61. The molecule has 2 aliphatic rings. The molecule has 0 spiro atoms. The molecule has 0 unspecified atom stereocenters. The normalized spacial score (nSPS) is 21.8. The Morgan fingerprint density at radius 3 is 2.38 bits per heavy atom. The standard InChI is InChI=1S/C14H28N2/c1-14(2,11-15)8-3-9-16(13-6-7-13)10-12-4-5-12/h12-13H,3-11,15H2,1-2H3. The van der Waals surface area contributed by atoms with E-state index in [-0.39, 0.29) is 0 Å². The van der Waals surface area contributed by atoms with Crippen LogP contribution in [0.1, 0.15) is 52.4 Å². The monoisotopic (exact) mass is 224 g/mol. The molecule has 0 aromatic carbocycles. The summed E-state index contributed by atoms with van der Waals surface area (Å²) in [7, 11) is 0. The molecule has 0 atom stereocenters. The van der Waals surface area contributed by atoms with Crippen LogP contribution in [0.3, 0.4) is 0 Å². The van der Waals surface area contributed by atoms with Crippen molar-refractivity contribution in [2.45, 2.75) is 58.4 Å². The molecule has 0 amide bonds. The van der Waals surface area contributed by atoms with Crippen molar-refractivity contribution in [2.75, 3.05) is 19.6 Å². The third kappa shape index (κ3) is 4.06. The van der Waals surface area contributed by atoms with E-state index in [0.29, 0.717) is 5.41 Å². The summed E-state index contributed by atoms with van der Waals surface area (Å²) in [6.45, 7) is 8.09. The Morgan fingerprint density at radius 1 is 1.19 bits per heavy atom. The van der Waals surface area contributed by atoms with Crippen LogP contribution in [0, 0.1) is 11.3 Å². The number of nitrogens with two attached hydrogens (primary N) is 1. The zero-order valence-electron chi connectivity index (χ0n) is 11.0. The van der Waals surface area contributed by atoms with Crippen molar-refractivity contribution in [1.82, 2.24) is 4.90 Å². The van der Waals surface area contributed by atoms with Gasteiger partial charge in [0.25, 0.3) is 0 Å². The summed E-state index contributed by atoms with van der Waals surface area (Å²) < 4.78 is 0. The molecule has 2 rings (SSSR count). The van der Waals surface area contributed by atoms with Crippen LogP contribution in [0.2, 0.25) is 0 Å². The van der Waals surface area contributed by atoms with E-state index >= 15 is 0 Å². The SMILES string of the molecule is CC(C)(CN)CCCN(CC1CC1)C1CC1. The molecule has 2 nitrogen and oxygen atoms in total. The molecule has 0 heterocycles. The Labute approximate surface area is 101 Å². The summed E-state index contributed by atoms with van der Waals surface area (Å²) in [5.74, 6) is 1.04. The summed E-state index contributed by atoms with van der Waals surface area (Å²) in [4.78, 5) is 2.75. The quantitative estimate of drug-likeness (QED) is 0.687. The average molecular weight is 224 g/mol. The Hall–Kier alpha value is -0.0800. The Kier molecular flexibility index (Phi) is 3.91. The predicted octanol–water partition coefficient (Wildman–Crippen LogP) is 2.63. The van der Waals surface area contributed by atoms with Gasteiger partial charge in [0, 0.05) is 12.6 Å². The molecular formula is C14H28N2.